The molecule has 1 aromatic rings. The van der Waals surface area contributed by atoms with Gasteiger partial charge in [-0.15, -0.1) is 0 Å². The normalized spacial score (nSPS) is 12.5. The second-order valence-electron chi connectivity index (χ2n) is 3.72. The van der Waals surface area contributed by atoms with Crippen LogP contribution in [0.2, 0.25) is 0 Å². The molecule has 0 aliphatic rings. The smallest absolute Gasteiger partial charge is 0.311 e. The van der Waals surface area contributed by atoms with Crippen LogP contribution in [0.25, 0.3) is 0 Å². The van der Waals surface area contributed by atoms with Crippen molar-refractivity contribution in [2.24, 2.45) is 5.92 Å². The highest BCUT2D eigenvalue weighted by molar-refractivity contribution is 5.76. The molecule has 1 rings (SSSR count). The van der Waals surface area contributed by atoms with Gasteiger partial charge in [-0.25, -0.2) is 5.26 Å². The van der Waals surface area contributed by atoms with Gasteiger partial charge in [-0.1, -0.05) is 26.0 Å². The summed E-state index contributed by atoms with van der Waals surface area (Å²) < 4.78 is 0. The van der Waals surface area contributed by atoms with Crippen molar-refractivity contribution in [1.29, 1.82) is 0 Å². The first-order valence-electron chi connectivity index (χ1n) is 4.70. The average molecular weight is 210 g/mol. The Morgan fingerprint density at radius 2 is 1.80 bits per heavy atom. The van der Waals surface area contributed by atoms with E-state index < -0.39 is 11.9 Å². The van der Waals surface area contributed by atoms with Crippen molar-refractivity contribution in [3.8, 4) is 5.75 Å². The van der Waals surface area contributed by atoms with Crippen LogP contribution in [0, 0.1) is 5.92 Å². The lowest BCUT2D eigenvalue weighted by molar-refractivity contribution is -0.139. The Morgan fingerprint density at radius 1 is 1.27 bits per heavy atom. The molecule has 0 spiro atoms. The molecule has 0 aliphatic carbocycles. The van der Waals surface area contributed by atoms with E-state index in [1.807, 2.05) is 13.8 Å². The Balaban J connectivity index is 2.97. The zero-order chi connectivity index (χ0) is 11.4. The second-order valence-corrected chi connectivity index (χ2v) is 3.72. The van der Waals surface area contributed by atoms with E-state index in [2.05, 4.69) is 4.89 Å². The van der Waals surface area contributed by atoms with Gasteiger partial charge in [0.25, 0.3) is 0 Å². The van der Waals surface area contributed by atoms with E-state index in [1.165, 1.54) is 12.1 Å². The molecule has 1 aromatic carbocycles. The van der Waals surface area contributed by atoms with Gasteiger partial charge in [0.2, 0.25) is 0 Å². The first-order chi connectivity index (χ1) is 7.06. The van der Waals surface area contributed by atoms with Crippen molar-refractivity contribution in [2.45, 2.75) is 19.8 Å². The van der Waals surface area contributed by atoms with Gasteiger partial charge in [-0.2, -0.15) is 0 Å². The summed E-state index contributed by atoms with van der Waals surface area (Å²) in [5.74, 6) is -1.06. The quantitative estimate of drug-likeness (QED) is 0.591. The van der Waals surface area contributed by atoms with E-state index in [-0.39, 0.29) is 5.92 Å². The molecule has 15 heavy (non-hydrogen) atoms. The lowest BCUT2D eigenvalue weighted by atomic mass is 9.89. The highest BCUT2D eigenvalue weighted by Gasteiger charge is 2.23. The fraction of sp³-hybridized carbons (Fsp3) is 0.364. The highest BCUT2D eigenvalue weighted by Crippen LogP contribution is 2.26. The van der Waals surface area contributed by atoms with Crippen LogP contribution < -0.4 is 4.89 Å². The number of hydrogen-bond acceptors (Lipinski definition) is 3. The van der Waals surface area contributed by atoms with Crippen molar-refractivity contribution in [2.75, 3.05) is 0 Å². The molecule has 0 aromatic heterocycles. The molecule has 0 amide bonds. The molecule has 0 fully saturated rings. The molecule has 1 atom stereocenters. The van der Waals surface area contributed by atoms with Gasteiger partial charge >= 0.3 is 5.97 Å². The molecule has 0 saturated heterocycles. The number of carboxylic acids is 1. The van der Waals surface area contributed by atoms with Crippen molar-refractivity contribution in [3.63, 3.8) is 0 Å². The SMILES string of the molecule is CC(C)C(C(=O)O)c1ccc(OO)cc1. The number of carboxylic acid groups (broad SMARTS) is 1. The third-order valence-corrected chi connectivity index (χ3v) is 2.28. The molecule has 2 N–H and O–H groups in total. The molecular formula is C11H14O4. The van der Waals surface area contributed by atoms with E-state index in [9.17, 15) is 4.79 Å². The molecule has 0 saturated carbocycles. The summed E-state index contributed by atoms with van der Waals surface area (Å²) in [6.07, 6.45) is 0. The molecule has 4 heteroatoms. The summed E-state index contributed by atoms with van der Waals surface area (Å²) in [5, 5.41) is 17.4. The van der Waals surface area contributed by atoms with Crippen LogP contribution >= 0.6 is 0 Å². The predicted octanol–water partition coefficient (Wildman–Crippen LogP) is 2.36. The number of rotatable bonds is 4. The Hall–Kier alpha value is -1.55. The van der Waals surface area contributed by atoms with Gasteiger partial charge < -0.3 is 9.99 Å². The Morgan fingerprint density at radius 3 is 2.13 bits per heavy atom. The molecule has 0 bridgehead atoms. The lowest BCUT2D eigenvalue weighted by Gasteiger charge is -2.16. The molecule has 4 nitrogen and oxygen atoms in total. The predicted molar refractivity (Wildman–Crippen MR) is 54.9 cm³/mol. The van der Waals surface area contributed by atoms with E-state index in [0.29, 0.717) is 11.3 Å². The summed E-state index contributed by atoms with van der Waals surface area (Å²) in [6, 6.07) is 6.36. The van der Waals surface area contributed by atoms with Gasteiger partial charge in [0.05, 0.1) is 5.92 Å². The maximum absolute atomic E-state index is 11.0. The van der Waals surface area contributed by atoms with Crippen LogP contribution in [-0.4, -0.2) is 16.3 Å². The summed E-state index contributed by atoms with van der Waals surface area (Å²) in [4.78, 5) is 15.0. The first-order valence-corrected chi connectivity index (χ1v) is 4.70. The average Bonchev–Trinajstić information content (AvgIpc) is 2.18. The summed E-state index contributed by atoms with van der Waals surface area (Å²) >= 11 is 0. The topological polar surface area (TPSA) is 66.8 Å². The van der Waals surface area contributed by atoms with Crippen molar-refractivity contribution in [3.05, 3.63) is 29.8 Å². The van der Waals surface area contributed by atoms with E-state index >= 15 is 0 Å². The van der Waals surface area contributed by atoms with Crippen molar-refractivity contribution in [1.82, 2.24) is 0 Å². The van der Waals surface area contributed by atoms with E-state index in [4.69, 9.17) is 10.4 Å². The van der Waals surface area contributed by atoms with Crippen LogP contribution in [0.15, 0.2) is 24.3 Å². The maximum atomic E-state index is 11.0. The Labute approximate surface area is 88.0 Å². The number of aliphatic carboxylic acids is 1. The first kappa shape index (κ1) is 11.5. The van der Waals surface area contributed by atoms with Gasteiger partial charge in [0.1, 0.15) is 0 Å². The van der Waals surface area contributed by atoms with Crippen LogP contribution in [0.3, 0.4) is 0 Å². The third kappa shape index (κ3) is 2.70. The van der Waals surface area contributed by atoms with Crippen LogP contribution in [0.5, 0.6) is 5.75 Å². The standard InChI is InChI=1S/C11H14O4/c1-7(2)10(11(12)13)8-3-5-9(15-14)6-4-8/h3-7,10,14H,1-2H3,(H,12,13). The van der Waals surface area contributed by atoms with Crippen LogP contribution in [-0.2, 0) is 4.79 Å². The highest BCUT2D eigenvalue weighted by atomic mass is 17.1. The lowest BCUT2D eigenvalue weighted by Crippen LogP contribution is -2.17. The second kappa shape index (κ2) is 4.79. The van der Waals surface area contributed by atoms with Crippen molar-refractivity contribution < 1.29 is 20.0 Å². The van der Waals surface area contributed by atoms with Crippen molar-refractivity contribution >= 4 is 5.97 Å². The minimum absolute atomic E-state index is 0.0170. The van der Waals surface area contributed by atoms with Crippen LogP contribution in [0.1, 0.15) is 25.3 Å². The van der Waals surface area contributed by atoms with Gasteiger partial charge in [0.15, 0.2) is 5.75 Å². The van der Waals surface area contributed by atoms with Gasteiger partial charge in [-0.3, -0.25) is 4.79 Å². The minimum atomic E-state index is -0.845. The minimum Gasteiger partial charge on any atom is -0.481 e. The number of hydrogen-bond donors (Lipinski definition) is 2. The summed E-state index contributed by atoms with van der Waals surface area (Å²) in [7, 11) is 0. The zero-order valence-corrected chi connectivity index (χ0v) is 8.68. The number of benzene rings is 1. The Bertz CT molecular complexity index is 329. The molecule has 82 valence electrons. The molecule has 0 aliphatic heterocycles. The van der Waals surface area contributed by atoms with Crippen LogP contribution in [0.4, 0.5) is 0 Å². The summed E-state index contributed by atoms with van der Waals surface area (Å²) in [5.41, 5.74) is 0.707. The fourth-order valence-corrected chi connectivity index (χ4v) is 1.55. The maximum Gasteiger partial charge on any atom is 0.311 e. The molecule has 0 radical (unpaired) electrons. The van der Waals surface area contributed by atoms with E-state index in [0.717, 1.165) is 0 Å². The fourth-order valence-electron chi connectivity index (χ4n) is 1.55. The molecule has 0 heterocycles. The van der Waals surface area contributed by atoms with E-state index in [1.54, 1.807) is 12.1 Å². The largest absolute Gasteiger partial charge is 0.481 e. The zero-order valence-electron chi connectivity index (χ0n) is 8.68. The monoisotopic (exact) mass is 210 g/mol. The third-order valence-electron chi connectivity index (χ3n) is 2.28. The molecule has 1 unspecified atom stereocenters. The van der Waals surface area contributed by atoms with Gasteiger partial charge in [0, 0.05) is 0 Å². The molecular weight excluding hydrogens is 196 g/mol. The Kier molecular flexibility index (Phi) is 3.68. The summed E-state index contributed by atoms with van der Waals surface area (Å²) in [6.45, 7) is 3.71. The number of carbonyl (C=O) groups is 1. The van der Waals surface area contributed by atoms with Gasteiger partial charge in [-0.05, 0) is 23.6 Å².